The van der Waals surface area contributed by atoms with Crippen molar-refractivity contribution < 1.29 is 0 Å². The van der Waals surface area contributed by atoms with Gasteiger partial charge in [-0.15, -0.1) is 0 Å². The molecule has 0 saturated carbocycles. The van der Waals surface area contributed by atoms with Crippen LogP contribution in [0.1, 0.15) is 12.5 Å². The van der Waals surface area contributed by atoms with Crippen LogP contribution in [-0.2, 0) is 13.5 Å². The van der Waals surface area contributed by atoms with Gasteiger partial charge in [0, 0.05) is 25.0 Å². The minimum absolute atomic E-state index is 0.305. The molecule has 0 spiro atoms. The number of nitrogens with two attached hydrogens (primary N) is 1. The first-order valence-corrected chi connectivity index (χ1v) is 5.65. The minimum Gasteiger partial charge on any atom is -0.327 e. The molecule has 0 aliphatic heterocycles. The first-order chi connectivity index (χ1) is 6.18. The van der Waals surface area contributed by atoms with Crippen molar-refractivity contribution in [3.63, 3.8) is 0 Å². The second-order valence-electron chi connectivity index (χ2n) is 3.32. The molecule has 3 nitrogen and oxygen atoms in total. The second-order valence-corrected chi connectivity index (χ2v) is 4.47. The highest BCUT2D eigenvalue weighted by Gasteiger charge is 1.97. The molecular weight excluding hydrogens is 182 g/mol. The summed E-state index contributed by atoms with van der Waals surface area (Å²) in [6, 6.07) is 0.305. The van der Waals surface area contributed by atoms with Gasteiger partial charge in [0.05, 0.1) is 6.20 Å². The van der Waals surface area contributed by atoms with Crippen LogP contribution in [0, 0.1) is 0 Å². The molecule has 1 aromatic heterocycles. The van der Waals surface area contributed by atoms with Crippen molar-refractivity contribution in [1.82, 2.24) is 9.78 Å². The zero-order chi connectivity index (χ0) is 9.68. The lowest BCUT2D eigenvalue weighted by Crippen LogP contribution is -2.17. The molecule has 0 amide bonds. The van der Waals surface area contributed by atoms with Crippen molar-refractivity contribution in [2.75, 3.05) is 11.5 Å². The van der Waals surface area contributed by atoms with Gasteiger partial charge in [-0.2, -0.15) is 16.9 Å². The molecule has 1 heterocycles. The van der Waals surface area contributed by atoms with E-state index in [4.69, 9.17) is 5.73 Å². The highest BCUT2D eigenvalue weighted by atomic mass is 32.2. The Labute approximate surface area is 83.7 Å². The summed E-state index contributed by atoms with van der Waals surface area (Å²) in [6.07, 6.45) is 5.07. The number of hydrogen-bond donors (Lipinski definition) is 1. The van der Waals surface area contributed by atoms with Crippen LogP contribution in [0.25, 0.3) is 0 Å². The number of thioether (sulfide) groups is 1. The summed E-state index contributed by atoms with van der Waals surface area (Å²) in [5.41, 5.74) is 6.94. The smallest absolute Gasteiger partial charge is 0.0521 e. The lowest BCUT2D eigenvalue weighted by atomic mass is 10.3. The molecule has 2 N–H and O–H groups in total. The van der Waals surface area contributed by atoms with Crippen LogP contribution >= 0.6 is 11.8 Å². The average Bonchev–Trinajstić information content (AvgIpc) is 2.45. The molecule has 4 heteroatoms. The number of aromatic nitrogens is 2. The summed E-state index contributed by atoms with van der Waals surface area (Å²) in [6.45, 7) is 2.04. The van der Waals surface area contributed by atoms with Gasteiger partial charge < -0.3 is 5.73 Å². The molecular formula is C9H17N3S. The van der Waals surface area contributed by atoms with Gasteiger partial charge in [0.15, 0.2) is 0 Å². The van der Waals surface area contributed by atoms with Gasteiger partial charge in [0.2, 0.25) is 0 Å². The van der Waals surface area contributed by atoms with Crippen molar-refractivity contribution in [2.45, 2.75) is 19.4 Å². The first kappa shape index (κ1) is 10.6. The van der Waals surface area contributed by atoms with Crippen molar-refractivity contribution in [3.05, 3.63) is 18.0 Å². The summed E-state index contributed by atoms with van der Waals surface area (Å²) >= 11 is 1.90. The van der Waals surface area contributed by atoms with E-state index in [-0.39, 0.29) is 0 Å². The quantitative estimate of drug-likeness (QED) is 0.721. The van der Waals surface area contributed by atoms with Gasteiger partial charge in [-0.1, -0.05) is 0 Å². The third-order valence-electron chi connectivity index (χ3n) is 1.67. The maximum atomic E-state index is 5.64. The summed E-state index contributed by atoms with van der Waals surface area (Å²) in [5.74, 6) is 2.17. The number of nitrogens with zero attached hydrogens (tertiary/aromatic N) is 2. The number of rotatable bonds is 5. The molecule has 0 aliphatic carbocycles. The minimum atomic E-state index is 0.305. The van der Waals surface area contributed by atoms with Crippen molar-refractivity contribution in [2.24, 2.45) is 12.8 Å². The van der Waals surface area contributed by atoms with Gasteiger partial charge in [-0.25, -0.2) is 0 Å². The van der Waals surface area contributed by atoms with Crippen LogP contribution in [0.2, 0.25) is 0 Å². The summed E-state index contributed by atoms with van der Waals surface area (Å²) in [7, 11) is 1.94. The fraction of sp³-hybridized carbons (Fsp3) is 0.667. The first-order valence-electron chi connectivity index (χ1n) is 4.49. The maximum Gasteiger partial charge on any atom is 0.0521 e. The van der Waals surface area contributed by atoms with E-state index in [1.165, 1.54) is 5.56 Å². The monoisotopic (exact) mass is 199 g/mol. The third-order valence-corrected chi connectivity index (χ3v) is 2.93. The standard InChI is InChI=1S/C9H17N3S/c1-8(10)7-13-4-3-9-5-11-12(2)6-9/h5-6,8H,3-4,7,10H2,1-2H3. The number of hydrogen-bond acceptors (Lipinski definition) is 3. The Morgan fingerprint density at radius 2 is 2.46 bits per heavy atom. The Morgan fingerprint density at radius 1 is 1.69 bits per heavy atom. The SMILES string of the molecule is CC(N)CSCCc1cnn(C)c1. The molecule has 0 aliphatic rings. The molecule has 0 bridgehead atoms. The molecule has 1 aromatic rings. The van der Waals surface area contributed by atoms with Crippen molar-refractivity contribution in [3.8, 4) is 0 Å². The van der Waals surface area contributed by atoms with Gasteiger partial charge >= 0.3 is 0 Å². The lowest BCUT2D eigenvalue weighted by molar-refractivity contribution is 0.767. The van der Waals surface area contributed by atoms with Crippen LogP contribution in [0.5, 0.6) is 0 Å². The van der Waals surface area contributed by atoms with Gasteiger partial charge in [-0.3, -0.25) is 4.68 Å². The zero-order valence-corrected chi connectivity index (χ0v) is 9.05. The predicted molar refractivity (Wildman–Crippen MR) is 57.9 cm³/mol. The van der Waals surface area contributed by atoms with E-state index in [0.29, 0.717) is 6.04 Å². The van der Waals surface area contributed by atoms with E-state index in [2.05, 4.69) is 11.3 Å². The van der Waals surface area contributed by atoms with Crippen LogP contribution in [-0.4, -0.2) is 27.3 Å². The Balaban J connectivity index is 2.13. The molecule has 0 aromatic carbocycles. The Kier molecular flexibility index (Phi) is 4.32. The second kappa shape index (κ2) is 5.29. The van der Waals surface area contributed by atoms with Crippen LogP contribution in [0.4, 0.5) is 0 Å². The lowest BCUT2D eigenvalue weighted by Gasteiger charge is -2.02. The van der Waals surface area contributed by atoms with Gasteiger partial charge in [0.1, 0.15) is 0 Å². The molecule has 1 unspecified atom stereocenters. The molecule has 1 atom stereocenters. The Morgan fingerprint density at radius 3 is 3.00 bits per heavy atom. The molecule has 0 fully saturated rings. The van der Waals surface area contributed by atoms with Gasteiger partial charge in [-0.05, 0) is 24.7 Å². The molecule has 74 valence electrons. The Bertz CT molecular complexity index is 245. The van der Waals surface area contributed by atoms with E-state index in [1.54, 1.807) is 0 Å². The van der Waals surface area contributed by atoms with Crippen molar-refractivity contribution >= 4 is 11.8 Å². The van der Waals surface area contributed by atoms with E-state index in [9.17, 15) is 0 Å². The molecule has 1 rings (SSSR count). The molecule has 0 saturated heterocycles. The fourth-order valence-electron chi connectivity index (χ4n) is 1.06. The Hall–Kier alpha value is -0.480. The predicted octanol–water partition coefficient (Wildman–Crippen LogP) is 1.04. The zero-order valence-electron chi connectivity index (χ0n) is 8.23. The molecule has 13 heavy (non-hydrogen) atoms. The maximum absolute atomic E-state index is 5.64. The summed E-state index contributed by atoms with van der Waals surface area (Å²) < 4.78 is 1.84. The van der Waals surface area contributed by atoms with E-state index >= 15 is 0 Å². The van der Waals surface area contributed by atoms with Crippen molar-refractivity contribution in [1.29, 1.82) is 0 Å². The summed E-state index contributed by atoms with van der Waals surface area (Å²) in [5, 5.41) is 4.11. The highest BCUT2D eigenvalue weighted by molar-refractivity contribution is 7.99. The van der Waals surface area contributed by atoms with Crippen LogP contribution in [0.3, 0.4) is 0 Å². The van der Waals surface area contributed by atoms with Gasteiger partial charge in [0.25, 0.3) is 0 Å². The van der Waals surface area contributed by atoms with E-state index < -0.39 is 0 Å². The van der Waals surface area contributed by atoms with Crippen LogP contribution in [0.15, 0.2) is 12.4 Å². The fourth-order valence-corrected chi connectivity index (χ4v) is 1.98. The molecule has 0 radical (unpaired) electrons. The normalized spacial score (nSPS) is 13.2. The topological polar surface area (TPSA) is 43.8 Å². The third kappa shape index (κ3) is 4.33. The largest absolute Gasteiger partial charge is 0.327 e. The van der Waals surface area contributed by atoms with E-state index in [1.807, 2.05) is 36.6 Å². The highest BCUT2D eigenvalue weighted by Crippen LogP contribution is 2.06. The van der Waals surface area contributed by atoms with E-state index in [0.717, 1.165) is 17.9 Å². The van der Waals surface area contributed by atoms with Crippen LogP contribution < -0.4 is 5.73 Å². The average molecular weight is 199 g/mol. The summed E-state index contributed by atoms with van der Waals surface area (Å²) in [4.78, 5) is 0. The number of aryl methyl sites for hydroxylation is 2.